The monoisotopic (exact) mass is 349 g/mol. The fourth-order valence-corrected chi connectivity index (χ4v) is 7.66. The Balaban J connectivity index is 1.29. The first kappa shape index (κ1) is 15.0. The van der Waals surface area contributed by atoms with Gasteiger partial charge in [-0.2, -0.15) is 0 Å². The van der Waals surface area contributed by atoms with Gasteiger partial charge in [-0.1, -0.05) is 6.07 Å². The van der Waals surface area contributed by atoms with Gasteiger partial charge in [0.25, 0.3) is 0 Å². The van der Waals surface area contributed by atoms with Gasteiger partial charge in [0.05, 0.1) is 11.6 Å². The lowest BCUT2D eigenvalue weighted by Gasteiger charge is -2.59. The minimum absolute atomic E-state index is 0.106. The van der Waals surface area contributed by atoms with Gasteiger partial charge in [0, 0.05) is 17.5 Å². The highest BCUT2D eigenvalue weighted by atomic mass is 16.4. The Morgan fingerprint density at radius 3 is 2.88 bits per heavy atom. The standard InChI is InChI=1S/C22H23NO3/c24-19(23-18-3-1-2-17-16(18)4-5-26-20(17)25)12-21-8-14-6-13-7-15(11-21)22(21,9-13)10-14/h1-5,13-15H,6-12H2,(H,23,24). The molecular formula is C22H23NO3. The van der Waals surface area contributed by atoms with Crippen LogP contribution in [0.15, 0.2) is 39.7 Å². The molecule has 1 heterocycles. The summed E-state index contributed by atoms with van der Waals surface area (Å²) in [4.78, 5) is 24.9. The van der Waals surface area contributed by atoms with E-state index < -0.39 is 0 Å². The average Bonchev–Trinajstić information content (AvgIpc) is 2.92. The van der Waals surface area contributed by atoms with Crippen molar-refractivity contribution in [2.45, 2.75) is 44.9 Å². The van der Waals surface area contributed by atoms with Crippen LogP contribution in [0, 0.1) is 28.6 Å². The Bertz CT molecular complexity index is 988. The molecule has 2 aromatic rings. The quantitative estimate of drug-likeness (QED) is 0.897. The maximum Gasteiger partial charge on any atom is 0.343 e. The summed E-state index contributed by atoms with van der Waals surface area (Å²) >= 11 is 0. The van der Waals surface area contributed by atoms with Crippen LogP contribution in [-0.2, 0) is 4.79 Å². The second-order valence-corrected chi connectivity index (χ2v) is 9.35. The molecule has 4 fully saturated rings. The van der Waals surface area contributed by atoms with E-state index in [1.807, 2.05) is 6.07 Å². The van der Waals surface area contributed by atoms with Crippen LogP contribution in [0.1, 0.15) is 44.9 Å². The van der Waals surface area contributed by atoms with E-state index in [1.165, 1.54) is 44.8 Å². The van der Waals surface area contributed by atoms with Crippen molar-refractivity contribution < 1.29 is 9.21 Å². The molecular weight excluding hydrogens is 326 g/mol. The van der Waals surface area contributed by atoms with Crippen LogP contribution >= 0.6 is 0 Å². The highest BCUT2D eigenvalue weighted by Crippen LogP contribution is 2.82. The van der Waals surface area contributed by atoms with Crippen LogP contribution in [0.25, 0.3) is 10.8 Å². The molecule has 26 heavy (non-hydrogen) atoms. The molecule has 1 N–H and O–H groups in total. The van der Waals surface area contributed by atoms with Gasteiger partial charge in [-0.05, 0) is 85.3 Å². The van der Waals surface area contributed by atoms with Crippen LogP contribution in [0.3, 0.4) is 0 Å². The van der Waals surface area contributed by atoms with Crippen LogP contribution < -0.4 is 10.9 Å². The van der Waals surface area contributed by atoms with Gasteiger partial charge in [-0.25, -0.2) is 4.79 Å². The fourth-order valence-electron chi connectivity index (χ4n) is 7.66. The smallest absolute Gasteiger partial charge is 0.343 e. The molecule has 0 saturated heterocycles. The number of carbonyl (C=O) groups is 1. The van der Waals surface area contributed by atoms with Crippen molar-refractivity contribution >= 4 is 22.4 Å². The van der Waals surface area contributed by atoms with Gasteiger partial charge in [0.2, 0.25) is 5.91 Å². The number of fused-ring (bicyclic) bond motifs is 3. The first-order valence-electron chi connectivity index (χ1n) is 9.89. The van der Waals surface area contributed by atoms with E-state index in [4.69, 9.17) is 4.42 Å². The first-order chi connectivity index (χ1) is 12.6. The lowest BCUT2D eigenvalue weighted by molar-refractivity contribution is -0.136. The molecule has 4 aliphatic rings. The maximum atomic E-state index is 13.0. The third-order valence-corrected chi connectivity index (χ3v) is 8.25. The summed E-state index contributed by atoms with van der Waals surface area (Å²) in [7, 11) is 0. The van der Waals surface area contributed by atoms with E-state index >= 15 is 0 Å². The van der Waals surface area contributed by atoms with E-state index in [2.05, 4.69) is 5.32 Å². The molecule has 1 aromatic heterocycles. The van der Waals surface area contributed by atoms with E-state index in [-0.39, 0.29) is 16.9 Å². The summed E-state index contributed by atoms with van der Waals surface area (Å²) in [5.41, 5.74) is 1.09. The van der Waals surface area contributed by atoms with Gasteiger partial charge in [-0.3, -0.25) is 4.79 Å². The highest BCUT2D eigenvalue weighted by molar-refractivity contribution is 6.01. The van der Waals surface area contributed by atoms with Crippen LogP contribution in [0.4, 0.5) is 5.69 Å². The highest BCUT2D eigenvalue weighted by Gasteiger charge is 2.74. The minimum atomic E-state index is -0.362. The van der Waals surface area contributed by atoms with Gasteiger partial charge < -0.3 is 9.73 Å². The molecule has 1 spiro atoms. The lowest BCUT2D eigenvalue weighted by atomic mass is 9.45. The number of nitrogens with one attached hydrogen (secondary N) is 1. The summed E-state index contributed by atoms with van der Waals surface area (Å²) in [6, 6.07) is 7.17. The van der Waals surface area contributed by atoms with Gasteiger partial charge in [-0.15, -0.1) is 0 Å². The van der Waals surface area contributed by atoms with E-state index in [0.717, 1.165) is 28.8 Å². The van der Waals surface area contributed by atoms with Crippen molar-refractivity contribution in [3.05, 3.63) is 40.9 Å². The summed E-state index contributed by atoms with van der Waals surface area (Å²) in [6.07, 6.45) is 10.1. The van der Waals surface area contributed by atoms with Gasteiger partial charge in [0.1, 0.15) is 0 Å². The van der Waals surface area contributed by atoms with E-state index in [9.17, 15) is 9.59 Å². The van der Waals surface area contributed by atoms with Crippen molar-refractivity contribution in [1.82, 2.24) is 0 Å². The summed E-state index contributed by atoms with van der Waals surface area (Å²) in [6.45, 7) is 0. The number of amides is 1. The van der Waals surface area contributed by atoms with Crippen molar-refractivity contribution in [3.8, 4) is 0 Å². The summed E-state index contributed by atoms with van der Waals surface area (Å²) in [5.74, 6) is 2.78. The zero-order valence-electron chi connectivity index (χ0n) is 14.8. The Morgan fingerprint density at radius 1 is 1.08 bits per heavy atom. The number of benzene rings is 1. The lowest BCUT2D eigenvalue weighted by Crippen LogP contribution is -2.53. The van der Waals surface area contributed by atoms with Gasteiger partial charge >= 0.3 is 5.63 Å². The van der Waals surface area contributed by atoms with Crippen LogP contribution in [0.5, 0.6) is 0 Å². The third-order valence-electron chi connectivity index (χ3n) is 8.25. The number of anilines is 1. The molecule has 1 aromatic carbocycles. The first-order valence-corrected chi connectivity index (χ1v) is 9.89. The molecule has 5 unspecified atom stereocenters. The van der Waals surface area contributed by atoms with E-state index in [0.29, 0.717) is 17.2 Å². The number of hydrogen-bond donors (Lipinski definition) is 1. The Morgan fingerprint density at radius 2 is 1.96 bits per heavy atom. The second kappa shape index (κ2) is 4.79. The molecule has 4 nitrogen and oxygen atoms in total. The molecule has 0 aliphatic heterocycles. The number of rotatable bonds is 3. The predicted octanol–water partition coefficient (Wildman–Crippen LogP) is 4.34. The third kappa shape index (κ3) is 1.75. The molecule has 4 aliphatic carbocycles. The zero-order chi connectivity index (χ0) is 17.5. The molecule has 1 amide bonds. The Kier molecular flexibility index (Phi) is 2.76. The summed E-state index contributed by atoms with van der Waals surface area (Å²) in [5, 5.41) is 4.37. The zero-order valence-corrected chi connectivity index (χ0v) is 14.8. The van der Waals surface area contributed by atoms with Crippen LogP contribution in [0.2, 0.25) is 0 Å². The van der Waals surface area contributed by atoms with Gasteiger partial charge in [0.15, 0.2) is 0 Å². The van der Waals surface area contributed by atoms with Crippen molar-refractivity contribution in [3.63, 3.8) is 0 Å². The number of hydrogen-bond acceptors (Lipinski definition) is 3. The van der Waals surface area contributed by atoms with Crippen molar-refractivity contribution in [1.29, 1.82) is 0 Å². The Labute approximate surface area is 152 Å². The minimum Gasteiger partial charge on any atom is -0.431 e. The second-order valence-electron chi connectivity index (χ2n) is 9.35. The normalized spacial score (nSPS) is 39.0. The largest absolute Gasteiger partial charge is 0.431 e. The SMILES string of the molecule is O=C(CC12CC3CC4CC(C1)C2(C4)C3)Nc1cccc2c(=O)occc12. The number of carbonyl (C=O) groups excluding carboxylic acids is 1. The fraction of sp³-hybridized carbons (Fsp3) is 0.545. The molecule has 4 heteroatoms. The predicted molar refractivity (Wildman–Crippen MR) is 98.8 cm³/mol. The Hall–Kier alpha value is -2.10. The van der Waals surface area contributed by atoms with Crippen molar-refractivity contribution in [2.75, 3.05) is 5.32 Å². The summed E-state index contributed by atoms with van der Waals surface area (Å²) < 4.78 is 4.94. The topological polar surface area (TPSA) is 59.3 Å². The molecule has 6 rings (SSSR count). The van der Waals surface area contributed by atoms with E-state index in [1.54, 1.807) is 18.2 Å². The molecule has 5 atom stereocenters. The average molecular weight is 349 g/mol. The van der Waals surface area contributed by atoms with Crippen LogP contribution in [-0.4, -0.2) is 5.91 Å². The molecule has 0 radical (unpaired) electrons. The maximum absolute atomic E-state index is 13.0. The molecule has 134 valence electrons. The molecule has 4 saturated carbocycles. The molecule has 3 bridgehead atoms. The van der Waals surface area contributed by atoms with Crippen molar-refractivity contribution in [2.24, 2.45) is 28.6 Å².